The summed E-state index contributed by atoms with van der Waals surface area (Å²) in [6, 6.07) is 8.02. The summed E-state index contributed by atoms with van der Waals surface area (Å²) in [5.41, 5.74) is 3.30. The third-order valence-corrected chi connectivity index (χ3v) is 8.76. The number of rotatable bonds is 11. The number of phenolic OH excluding ortho intramolecular Hbond substituents is 1. The van der Waals surface area contributed by atoms with Gasteiger partial charge in [0.05, 0.1) is 0 Å². The quantitative estimate of drug-likeness (QED) is 0.179. The topological polar surface area (TPSA) is 131 Å². The van der Waals surface area contributed by atoms with Crippen molar-refractivity contribution in [2.75, 3.05) is 13.7 Å². The zero-order valence-corrected chi connectivity index (χ0v) is 23.9. The van der Waals surface area contributed by atoms with Gasteiger partial charge in [-0.3, -0.25) is 0 Å². The number of ether oxygens (including phenoxy) is 1. The van der Waals surface area contributed by atoms with Gasteiger partial charge >= 0.3 is 209 Å². The molecule has 3 aromatic rings. The Bertz CT molecular complexity index is 1260. The monoisotopic (exact) mass is 585 g/mol. The molecule has 1 atom stereocenters. The SMILES string of the molecule is COC(=O)[C@H](CNC(=O)c1sccc1C)NC(=O)c1c(C)nc([As]CCCc2cccc(O)c2)nc1C. The first-order valence-electron chi connectivity index (χ1n) is 11.7. The van der Waals surface area contributed by atoms with Gasteiger partial charge in [-0.1, -0.05) is 0 Å². The minimum absolute atomic E-state index is 0.116. The Hall–Kier alpha value is -3.23. The minimum atomic E-state index is -1.07. The Labute approximate surface area is 226 Å². The predicted molar refractivity (Wildman–Crippen MR) is 143 cm³/mol. The average Bonchev–Trinajstić information content (AvgIpc) is 3.29. The number of carbonyl (C=O) groups excluding carboxylic acids is 3. The number of hydrogen-bond acceptors (Lipinski definition) is 8. The Morgan fingerprint density at radius 3 is 2.46 bits per heavy atom. The first-order valence-corrected chi connectivity index (χ1v) is 14.9. The number of benzene rings is 1. The van der Waals surface area contributed by atoms with Crippen LogP contribution >= 0.6 is 11.3 Å². The summed E-state index contributed by atoms with van der Waals surface area (Å²) in [6.45, 7) is 5.21. The van der Waals surface area contributed by atoms with Gasteiger partial charge in [0.25, 0.3) is 0 Å². The number of thiophene rings is 1. The van der Waals surface area contributed by atoms with Crippen molar-refractivity contribution in [3.63, 3.8) is 0 Å². The molecule has 0 spiro atoms. The molecule has 0 aliphatic heterocycles. The van der Waals surface area contributed by atoms with E-state index in [0.29, 0.717) is 21.8 Å². The van der Waals surface area contributed by atoms with Crippen LogP contribution in [-0.4, -0.2) is 68.3 Å². The second-order valence-corrected chi connectivity index (χ2v) is 11.8. The zero-order chi connectivity index (χ0) is 26.9. The summed E-state index contributed by atoms with van der Waals surface area (Å²) in [7, 11) is 1.23. The maximum absolute atomic E-state index is 13.1. The third-order valence-electron chi connectivity index (χ3n) is 5.60. The van der Waals surface area contributed by atoms with Crippen molar-refractivity contribution in [3.05, 3.63) is 68.7 Å². The van der Waals surface area contributed by atoms with E-state index in [1.165, 1.54) is 18.4 Å². The molecule has 11 heteroatoms. The van der Waals surface area contributed by atoms with Gasteiger partial charge in [-0.2, -0.15) is 0 Å². The van der Waals surface area contributed by atoms with Gasteiger partial charge in [0.2, 0.25) is 0 Å². The predicted octanol–water partition coefficient (Wildman–Crippen LogP) is 2.25. The Morgan fingerprint density at radius 1 is 1.11 bits per heavy atom. The molecule has 0 fully saturated rings. The van der Waals surface area contributed by atoms with E-state index in [0.717, 1.165) is 33.8 Å². The van der Waals surface area contributed by atoms with Crippen LogP contribution in [0.3, 0.4) is 0 Å². The molecule has 0 aliphatic rings. The third kappa shape index (κ3) is 7.87. The standard InChI is InChI=1S/C26H30AsN4O5S/c1-15-10-12-37-22(15)24(34)28-14-20(25(35)36-4)31-23(33)21-16(2)29-26(30-17(21)3)27-11-6-8-18-7-5-9-19(32)13-18/h5,7,9-10,12-13,20,32H,6,8,11,14H2,1-4H3,(H,28,34)(H,31,33)/t20-/m0/s1. The Morgan fingerprint density at radius 2 is 1.84 bits per heavy atom. The van der Waals surface area contributed by atoms with E-state index in [1.807, 2.05) is 30.5 Å². The van der Waals surface area contributed by atoms with Crippen LogP contribution in [0, 0.1) is 20.8 Å². The number of phenols is 1. The molecule has 0 bridgehead atoms. The molecule has 37 heavy (non-hydrogen) atoms. The number of aromatic hydroxyl groups is 1. The van der Waals surface area contributed by atoms with E-state index >= 15 is 0 Å². The number of hydrogen-bond donors (Lipinski definition) is 3. The van der Waals surface area contributed by atoms with Crippen molar-refractivity contribution in [2.45, 2.75) is 44.9 Å². The molecule has 9 nitrogen and oxygen atoms in total. The molecule has 2 heterocycles. The fourth-order valence-electron chi connectivity index (χ4n) is 3.72. The van der Waals surface area contributed by atoms with Gasteiger partial charge in [0.15, 0.2) is 0 Å². The van der Waals surface area contributed by atoms with Crippen LogP contribution in [0.15, 0.2) is 35.7 Å². The summed E-state index contributed by atoms with van der Waals surface area (Å²) in [6.07, 6.45) is 1.81. The van der Waals surface area contributed by atoms with Crippen molar-refractivity contribution in [2.24, 2.45) is 0 Å². The zero-order valence-electron chi connectivity index (χ0n) is 21.2. The summed E-state index contributed by atoms with van der Waals surface area (Å²) in [5.74, 6) is -1.22. The Balaban J connectivity index is 1.60. The molecule has 1 aromatic carbocycles. The molecule has 0 unspecified atom stereocenters. The first kappa shape index (κ1) is 28.3. The molecule has 0 saturated carbocycles. The van der Waals surface area contributed by atoms with Crippen molar-refractivity contribution < 1.29 is 24.2 Å². The summed E-state index contributed by atoms with van der Waals surface area (Å²) in [4.78, 5) is 47.5. The second-order valence-electron chi connectivity index (χ2n) is 8.42. The van der Waals surface area contributed by atoms with Gasteiger partial charge in [0, 0.05) is 0 Å². The van der Waals surface area contributed by atoms with E-state index < -0.39 is 17.9 Å². The van der Waals surface area contributed by atoms with E-state index in [-0.39, 0.29) is 34.0 Å². The first-order chi connectivity index (χ1) is 17.7. The summed E-state index contributed by atoms with van der Waals surface area (Å²) < 4.78 is 5.56. The van der Waals surface area contributed by atoms with Crippen LogP contribution in [0.2, 0.25) is 5.21 Å². The fraction of sp³-hybridized carbons (Fsp3) is 0.346. The number of carbonyl (C=O) groups is 3. The molecule has 0 saturated heterocycles. The summed E-state index contributed by atoms with van der Waals surface area (Å²) >= 11 is 1.02. The molecular formula is C26H30AsN4O5S. The van der Waals surface area contributed by atoms with Crippen molar-refractivity contribution in [3.8, 4) is 5.75 Å². The number of esters is 1. The number of aryl methyl sites for hydroxylation is 4. The van der Waals surface area contributed by atoms with E-state index in [1.54, 1.807) is 26.0 Å². The van der Waals surface area contributed by atoms with E-state index in [2.05, 4.69) is 20.6 Å². The van der Waals surface area contributed by atoms with Crippen molar-refractivity contribution in [1.29, 1.82) is 0 Å². The van der Waals surface area contributed by atoms with Gasteiger partial charge in [-0.15, -0.1) is 0 Å². The van der Waals surface area contributed by atoms with Gasteiger partial charge < -0.3 is 0 Å². The molecule has 0 aliphatic carbocycles. The van der Waals surface area contributed by atoms with Gasteiger partial charge in [-0.25, -0.2) is 0 Å². The fourth-order valence-corrected chi connectivity index (χ4v) is 6.57. The van der Waals surface area contributed by atoms with Crippen molar-refractivity contribution in [1.82, 2.24) is 20.6 Å². The van der Waals surface area contributed by atoms with Crippen LogP contribution in [0.25, 0.3) is 0 Å². The normalized spacial score (nSPS) is 11.9. The van der Waals surface area contributed by atoms with Crippen LogP contribution in [0.4, 0.5) is 0 Å². The maximum atomic E-state index is 13.1. The van der Waals surface area contributed by atoms with Crippen LogP contribution in [0.1, 0.15) is 49.0 Å². The second kappa shape index (κ2) is 13.4. The molecule has 3 rings (SSSR count). The number of aromatic nitrogens is 2. The molecule has 2 amide bonds. The van der Waals surface area contributed by atoms with E-state index in [9.17, 15) is 19.5 Å². The Kier molecular flexibility index (Phi) is 10.2. The van der Waals surface area contributed by atoms with Crippen LogP contribution < -0.4 is 15.2 Å². The molecule has 2 aromatic heterocycles. The van der Waals surface area contributed by atoms with E-state index in [4.69, 9.17) is 4.74 Å². The van der Waals surface area contributed by atoms with Gasteiger partial charge in [-0.05, 0) is 18.4 Å². The van der Waals surface area contributed by atoms with Crippen LogP contribution in [0.5, 0.6) is 5.75 Å². The van der Waals surface area contributed by atoms with Gasteiger partial charge in [0.1, 0.15) is 0 Å². The number of methoxy groups -OCH3 is 1. The molecule has 3 N–H and O–H groups in total. The van der Waals surface area contributed by atoms with Crippen LogP contribution in [-0.2, 0) is 16.0 Å². The molecule has 195 valence electrons. The molecular weight excluding hydrogens is 555 g/mol. The van der Waals surface area contributed by atoms with Crippen molar-refractivity contribution >= 4 is 49.5 Å². The number of amides is 2. The summed E-state index contributed by atoms with van der Waals surface area (Å²) in [5, 5.41) is 17.7. The average molecular weight is 586 g/mol. The molecule has 1 radical (unpaired) electrons. The number of nitrogens with zero attached hydrogens (tertiary/aromatic N) is 2. The number of nitrogens with one attached hydrogen (secondary N) is 2.